The monoisotopic (exact) mass is 351 g/mol. The largest absolute Gasteiger partial charge is 0.497 e. The van der Waals surface area contributed by atoms with Crippen LogP contribution in [-0.4, -0.2) is 24.6 Å². The molecule has 0 aromatic heterocycles. The van der Waals surface area contributed by atoms with Gasteiger partial charge in [-0.2, -0.15) is 0 Å². The van der Waals surface area contributed by atoms with E-state index in [9.17, 15) is 14.7 Å². The maximum atomic E-state index is 12.1. The first kappa shape index (κ1) is 16.6. The number of benzene rings is 2. The molecule has 2 aliphatic rings. The zero-order valence-corrected chi connectivity index (χ0v) is 14.6. The average Bonchev–Trinajstić information content (AvgIpc) is 3.45. The highest BCUT2D eigenvalue weighted by atomic mass is 16.5. The number of aldehydes is 1. The number of aryl methyl sites for hydroxylation is 1. The first-order chi connectivity index (χ1) is 12.5. The summed E-state index contributed by atoms with van der Waals surface area (Å²) in [7, 11) is 1.63. The minimum Gasteiger partial charge on any atom is -0.497 e. The lowest BCUT2D eigenvalue weighted by atomic mass is 9.67. The normalized spacial score (nSPS) is 22.3. The summed E-state index contributed by atoms with van der Waals surface area (Å²) in [6, 6.07) is 13.8. The SMILES string of the molecule is COc1ccc(-c2ccc3c(c2)CCC2(CC2)[C@]3(C=O)NC(=O)O)cc1. The number of hydrogen-bond acceptors (Lipinski definition) is 3. The summed E-state index contributed by atoms with van der Waals surface area (Å²) in [5.41, 5.74) is 2.55. The third-order valence-electron chi connectivity index (χ3n) is 6.00. The fraction of sp³-hybridized carbons (Fsp3) is 0.333. The Kier molecular flexibility index (Phi) is 3.75. The van der Waals surface area contributed by atoms with E-state index in [2.05, 4.69) is 11.4 Å². The Bertz CT molecular complexity index is 870. The van der Waals surface area contributed by atoms with Crippen molar-refractivity contribution in [2.45, 2.75) is 31.2 Å². The van der Waals surface area contributed by atoms with Gasteiger partial charge in [-0.25, -0.2) is 4.79 Å². The van der Waals surface area contributed by atoms with Gasteiger partial charge in [-0.15, -0.1) is 0 Å². The van der Waals surface area contributed by atoms with E-state index < -0.39 is 11.6 Å². The Labute approximate surface area is 152 Å². The van der Waals surface area contributed by atoms with E-state index in [1.54, 1.807) is 7.11 Å². The van der Waals surface area contributed by atoms with Crippen molar-refractivity contribution in [1.29, 1.82) is 0 Å². The van der Waals surface area contributed by atoms with Crippen LogP contribution >= 0.6 is 0 Å². The van der Waals surface area contributed by atoms with Crippen molar-refractivity contribution in [3.05, 3.63) is 53.6 Å². The molecule has 0 bridgehead atoms. The quantitative estimate of drug-likeness (QED) is 0.823. The number of carbonyl (C=O) groups is 2. The number of nitrogens with one attached hydrogen (secondary N) is 1. The van der Waals surface area contributed by atoms with Crippen molar-refractivity contribution in [1.82, 2.24) is 5.32 Å². The molecule has 0 heterocycles. The third-order valence-corrected chi connectivity index (χ3v) is 6.00. The molecule has 2 aromatic rings. The highest BCUT2D eigenvalue weighted by Crippen LogP contribution is 2.63. The van der Waals surface area contributed by atoms with E-state index >= 15 is 0 Å². The number of ether oxygens (including phenoxy) is 1. The molecule has 1 saturated carbocycles. The topological polar surface area (TPSA) is 75.6 Å². The summed E-state index contributed by atoms with van der Waals surface area (Å²) in [6.45, 7) is 0. The second-order valence-electron chi connectivity index (χ2n) is 7.24. The van der Waals surface area contributed by atoms with Crippen molar-refractivity contribution in [2.75, 3.05) is 7.11 Å². The zero-order chi connectivity index (χ0) is 18.4. The van der Waals surface area contributed by atoms with E-state index in [4.69, 9.17) is 4.74 Å². The van der Waals surface area contributed by atoms with Gasteiger partial charge in [0.25, 0.3) is 0 Å². The second kappa shape index (κ2) is 5.87. The van der Waals surface area contributed by atoms with Gasteiger partial charge in [0.15, 0.2) is 6.29 Å². The number of carbonyl (C=O) groups excluding carboxylic acids is 1. The van der Waals surface area contributed by atoms with Crippen LogP contribution in [0.4, 0.5) is 4.79 Å². The molecule has 2 aliphatic carbocycles. The van der Waals surface area contributed by atoms with Crippen molar-refractivity contribution in [2.24, 2.45) is 5.41 Å². The van der Waals surface area contributed by atoms with Crippen LogP contribution in [0, 0.1) is 5.41 Å². The summed E-state index contributed by atoms with van der Waals surface area (Å²) >= 11 is 0. The molecule has 26 heavy (non-hydrogen) atoms. The molecule has 0 radical (unpaired) electrons. The summed E-state index contributed by atoms with van der Waals surface area (Å²) in [4.78, 5) is 23.5. The minimum absolute atomic E-state index is 0.262. The molecule has 5 nitrogen and oxygen atoms in total. The molecule has 1 spiro atoms. The van der Waals surface area contributed by atoms with E-state index in [0.29, 0.717) is 0 Å². The Balaban J connectivity index is 1.78. The van der Waals surface area contributed by atoms with Crippen LogP contribution in [0.25, 0.3) is 11.1 Å². The molecule has 0 saturated heterocycles. The van der Waals surface area contributed by atoms with Gasteiger partial charge in [0.1, 0.15) is 11.3 Å². The minimum atomic E-state index is -1.16. The number of methoxy groups -OCH3 is 1. The van der Waals surface area contributed by atoms with Crippen LogP contribution in [0.2, 0.25) is 0 Å². The lowest BCUT2D eigenvalue weighted by Gasteiger charge is -2.42. The number of rotatable bonds is 4. The lowest BCUT2D eigenvalue weighted by molar-refractivity contribution is -0.116. The number of fused-ring (bicyclic) bond motifs is 1. The van der Waals surface area contributed by atoms with Crippen molar-refractivity contribution in [3.63, 3.8) is 0 Å². The van der Waals surface area contributed by atoms with Crippen LogP contribution in [0.5, 0.6) is 5.75 Å². The standard InChI is InChI=1S/C21H21NO4/c1-26-17-5-2-14(3-6-17)15-4-7-18-16(12-15)8-9-20(10-11-20)21(18,13-23)22-19(24)25/h2-7,12-13,22H,8-11H2,1H3,(H,24,25)/t21-/m1/s1. The fourth-order valence-corrected chi connectivity index (χ4v) is 4.39. The molecule has 1 atom stereocenters. The summed E-state index contributed by atoms with van der Waals surface area (Å²) in [5.74, 6) is 0.799. The lowest BCUT2D eigenvalue weighted by Crippen LogP contribution is -2.55. The first-order valence-electron chi connectivity index (χ1n) is 8.79. The van der Waals surface area contributed by atoms with Gasteiger partial charge in [0.05, 0.1) is 7.11 Å². The third kappa shape index (κ3) is 2.38. The molecule has 0 unspecified atom stereocenters. The first-order valence-corrected chi connectivity index (χ1v) is 8.79. The molecule has 2 aromatic carbocycles. The predicted octanol–water partition coefficient (Wildman–Crippen LogP) is 3.75. The summed E-state index contributed by atoms with van der Waals surface area (Å²) in [6.07, 6.45) is 3.09. The Morgan fingerprint density at radius 3 is 2.38 bits per heavy atom. The molecule has 1 fully saturated rings. The van der Waals surface area contributed by atoms with Gasteiger partial charge in [0.2, 0.25) is 0 Å². The number of amides is 1. The molecular weight excluding hydrogens is 330 g/mol. The highest BCUT2D eigenvalue weighted by molar-refractivity contribution is 5.81. The van der Waals surface area contributed by atoms with Crippen LogP contribution in [0.3, 0.4) is 0 Å². The predicted molar refractivity (Wildman–Crippen MR) is 97.3 cm³/mol. The fourth-order valence-electron chi connectivity index (χ4n) is 4.39. The van der Waals surface area contributed by atoms with Crippen LogP contribution < -0.4 is 10.1 Å². The van der Waals surface area contributed by atoms with Crippen molar-refractivity contribution >= 4 is 12.4 Å². The van der Waals surface area contributed by atoms with Crippen molar-refractivity contribution in [3.8, 4) is 16.9 Å². The van der Waals surface area contributed by atoms with E-state index in [-0.39, 0.29) is 5.41 Å². The molecule has 0 aliphatic heterocycles. The van der Waals surface area contributed by atoms with Crippen LogP contribution in [-0.2, 0) is 16.8 Å². The molecule has 1 amide bonds. The van der Waals surface area contributed by atoms with Crippen LogP contribution in [0.15, 0.2) is 42.5 Å². The highest BCUT2D eigenvalue weighted by Gasteiger charge is 2.63. The van der Waals surface area contributed by atoms with Gasteiger partial charge in [-0.05, 0) is 60.1 Å². The Hall–Kier alpha value is -2.82. The van der Waals surface area contributed by atoms with Gasteiger partial charge < -0.3 is 20.0 Å². The Morgan fingerprint density at radius 2 is 1.81 bits per heavy atom. The molecular formula is C21H21NO4. The zero-order valence-electron chi connectivity index (χ0n) is 14.6. The smallest absolute Gasteiger partial charge is 0.405 e. The second-order valence-corrected chi connectivity index (χ2v) is 7.24. The van der Waals surface area contributed by atoms with E-state index in [1.807, 2.05) is 36.4 Å². The maximum absolute atomic E-state index is 12.1. The summed E-state index contributed by atoms with van der Waals surface area (Å²) < 4.78 is 5.20. The van der Waals surface area contributed by atoms with Gasteiger partial charge in [-0.1, -0.05) is 30.3 Å². The van der Waals surface area contributed by atoms with Gasteiger partial charge in [-0.3, -0.25) is 0 Å². The Morgan fingerprint density at radius 1 is 1.12 bits per heavy atom. The molecule has 5 heteroatoms. The van der Waals surface area contributed by atoms with Gasteiger partial charge in [0, 0.05) is 5.41 Å². The van der Waals surface area contributed by atoms with Crippen LogP contribution in [0.1, 0.15) is 30.4 Å². The average molecular weight is 351 g/mol. The van der Waals surface area contributed by atoms with Gasteiger partial charge >= 0.3 is 6.09 Å². The summed E-state index contributed by atoms with van der Waals surface area (Å²) in [5, 5.41) is 11.9. The molecule has 4 rings (SSSR count). The van der Waals surface area contributed by atoms with Crippen molar-refractivity contribution < 1.29 is 19.4 Å². The molecule has 2 N–H and O–H groups in total. The molecule has 134 valence electrons. The maximum Gasteiger partial charge on any atom is 0.405 e. The van der Waals surface area contributed by atoms with E-state index in [0.717, 1.165) is 60.0 Å². The number of carboxylic acid groups (broad SMARTS) is 1. The number of hydrogen-bond donors (Lipinski definition) is 2. The van der Waals surface area contributed by atoms with E-state index in [1.165, 1.54) is 0 Å².